The molecule has 4 heteroatoms. The van der Waals surface area contributed by atoms with Crippen LogP contribution in [-0.4, -0.2) is 8.81 Å². The Labute approximate surface area is 89.3 Å². The third-order valence-electron chi connectivity index (χ3n) is 1.83. The Morgan fingerprint density at radius 2 is 1.79 bits per heavy atom. The second-order valence-electron chi connectivity index (χ2n) is 2.78. The highest BCUT2D eigenvalue weighted by Crippen LogP contribution is 2.14. The molecule has 0 fully saturated rings. The van der Waals surface area contributed by atoms with E-state index >= 15 is 0 Å². The summed E-state index contributed by atoms with van der Waals surface area (Å²) in [5, 5.41) is 4.06. The Bertz CT molecular complexity index is 493. The van der Waals surface area contributed by atoms with Gasteiger partial charge in [0.1, 0.15) is 0 Å². The fourth-order valence-corrected chi connectivity index (χ4v) is 1.44. The molecule has 0 aliphatic carbocycles. The fraction of sp³-hybridized carbons (Fsp3) is 0. The number of hydrogen-bond donors (Lipinski definition) is 0. The average molecular weight is 251 g/mol. The van der Waals surface area contributed by atoms with Crippen molar-refractivity contribution >= 4 is 16.1 Å². The van der Waals surface area contributed by atoms with Crippen LogP contribution in [0.4, 0.5) is 0 Å². The quantitative estimate of drug-likeness (QED) is 0.777. The van der Waals surface area contributed by atoms with Crippen molar-refractivity contribution in [2.24, 2.45) is 0 Å². The highest BCUT2D eigenvalue weighted by Gasteiger charge is 1.99. The van der Waals surface area contributed by atoms with Gasteiger partial charge >= 0.3 is 0 Å². The zero-order valence-electron chi connectivity index (χ0n) is 7.22. The molecular weight excluding hydrogens is 244 g/mol. The summed E-state index contributed by atoms with van der Waals surface area (Å²) in [4.78, 5) is 11.1. The number of halogens is 1. The number of aromatic nitrogens is 2. The molecule has 0 radical (unpaired) electrons. The third kappa shape index (κ3) is 1.75. The molecule has 1 aromatic carbocycles. The van der Waals surface area contributed by atoms with E-state index in [1.807, 2.05) is 30.3 Å². The summed E-state index contributed by atoms with van der Waals surface area (Å²) in [5.41, 5.74) is 1.58. The molecule has 3 nitrogen and oxygen atoms in total. The minimum atomic E-state index is -0.176. The molecule has 0 spiro atoms. The van der Waals surface area contributed by atoms with Crippen LogP contribution in [0.5, 0.6) is 0 Å². The van der Waals surface area contributed by atoms with Crippen LogP contribution in [0.2, 0.25) is 0 Å². The summed E-state index contributed by atoms with van der Waals surface area (Å²) in [6, 6.07) is 12.9. The van der Waals surface area contributed by atoms with Gasteiger partial charge in [-0.25, -0.2) is 0 Å². The van der Waals surface area contributed by atoms with E-state index in [0.29, 0.717) is 0 Å². The normalized spacial score (nSPS) is 10.1. The molecule has 2 rings (SSSR count). The summed E-state index contributed by atoms with van der Waals surface area (Å²) in [5.74, 6) is 0. The fourth-order valence-electron chi connectivity index (χ4n) is 1.15. The van der Waals surface area contributed by atoms with Crippen LogP contribution in [0.3, 0.4) is 0 Å². The Morgan fingerprint density at radius 1 is 1.07 bits per heavy atom. The van der Waals surface area contributed by atoms with Crippen LogP contribution >= 0.6 is 16.1 Å². The first-order valence-corrected chi connectivity index (χ1v) is 4.80. The van der Waals surface area contributed by atoms with Gasteiger partial charge in [0.2, 0.25) is 0 Å². The van der Waals surface area contributed by atoms with Crippen LogP contribution in [0, 0.1) is 0 Å². The zero-order valence-corrected chi connectivity index (χ0v) is 8.81. The first-order valence-electron chi connectivity index (χ1n) is 4.09. The van der Waals surface area contributed by atoms with Crippen molar-refractivity contribution in [3.05, 3.63) is 52.8 Å². The van der Waals surface area contributed by atoms with Gasteiger partial charge in [-0.05, 0) is 6.07 Å². The summed E-state index contributed by atoms with van der Waals surface area (Å²) in [7, 11) is 0. The van der Waals surface area contributed by atoms with Crippen LogP contribution in [-0.2, 0) is 0 Å². The zero-order chi connectivity index (χ0) is 9.97. The van der Waals surface area contributed by atoms with Gasteiger partial charge < -0.3 is 0 Å². The molecule has 0 bridgehead atoms. The molecule has 0 N–H and O–H groups in total. The molecule has 0 saturated carbocycles. The number of benzene rings is 1. The minimum Gasteiger partial charge on any atom is -0.267 e. The van der Waals surface area contributed by atoms with Gasteiger partial charge in [-0.2, -0.15) is 8.81 Å². The summed E-state index contributed by atoms with van der Waals surface area (Å²) >= 11 is 3.04. The Kier molecular flexibility index (Phi) is 2.45. The molecule has 1 heterocycles. The summed E-state index contributed by atoms with van der Waals surface area (Å²) < 4.78 is 1.15. The molecule has 1 aromatic heterocycles. The molecule has 0 saturated heterocycles. The van der Waals surface area contributed by atoms with Crippen molar-refractivity contribution < 1.29 is 0 Å². The van der Waals surface area contributed by atoms with Crippen molar-refractivity contribution in [3.63, 3.8) is 0 Å². The molecule has 0 aliphatic rings. The number of rotatable bonds is 1. The lowest BCUT2D eigenvalue weighted by Gasteiger charge is -2.00. The molecule has 0 aliphatic heterocycles. The van der Waals surface area contributed by atoms with E-state index in [2.05, 4.69) is 21.2 Å². The molecule has 0 atom stereocenters. The number of nitrogens with zero attached hydrogens (tertiary/aromatic N) is 2. The van der Waals surface area contributed by atoms with Crippen LogP contribution in [0.25, 0.3) is 11.3 Å². The predicted molar refractivity (Wildman–Crippen MR) is 58.3 cm³/mol. The molecule has 2 aromatic rings. The highest BCUT2D eigenvalue weighted by molar-refractivity contribution is 9.08. The summed E-state index contributed by atoms with van der Waals surface area (Å²) in [6.45, 7) is 0. The SMILES string of the molecule is O=c1ccc(-c2ccccc2)nn1Br. The van der Waals surface area contributed by atoms with Gasteiger partial charge in [0.15, 0.2) is 0 Å². The van der Waals surface area contributed by atoms with Crippen molar-refractivity contribution in [1.82, 2.24) is 8.81 Å². The lowest BCUT2D eigenvalue weighted by atomic mass is 10.1. The van der Waals surface area contributed by atoms with Gasteiger partial charge in [0.05, 0.1) is 21.8 Å². The van der Waals surface area contributed by atoms with Gasteiger partial charge in [0, 0.05) is 11.6 Å². The maximum atomic E-state index is 11.1. The van der Waals surface area contributed by atoms with E-state index in [0.717, 1.165) is 15.0 Å². The van der Waals surface area contributed by atoms with Crippen molar-refractivity contribution in [2.75, 3.05) is 0 Å². The minimum absolute atomic E-state index is 0.176. The molecular formula is C10H7BrN2O. The number of hydrogen-bond acceptors (Lipinski definition) is 2. The van der Waals surface area contributed by atoms with Gasteiger partial charge in [0.25, 0.3) is 5.56 Å². The second kappa shape index (κ2) is 3.75. The van der Waals surface area contributed by atoms with Crippen LogP contribution < -0.4 is 5.56 Å². The van der Waals surface area contributed by atoms with E-state index in [1.165, 1.54) is 6.07 Å². The maximum Gasteiger partial charge on any atom is 0.277 e. The molecule has 0 amide bonds. The second-order valence-corrected chi connectivity index (χ2v) is 3.45. The van der Waals surface area contributed by atoms with Crippen molar-refractivity contribution in [3.8, 4) is 11.3 Å². The smallest absolute Gasteiger partial charge is 0.267 e. The van der Waals surface area contributed by atoms with E-state index in [-0.39, 0.29) is 5.56 Å². The van der Waals surface area contributed by atoms with Gasteiger partial charge in [-0.15, -0.1) is 0 Å². The highest BCUT2D eigenvalue weighted by atomic mass is 79.9. The Hall–Kier alpha value is -1.42. The van der Waals surface area contributed by atoms with E-state index in [1.54, 1.807) is 6.07 Å². The molecule has 70 valence electrons. The predicted octanol–water partition coefficient (Wildman–Crippen LogP) is 2.07. The first kappa shape index (κ1) is 9.15. The standard InChI is InChI=1S/C10H7BrN2O/c11-13-10(14)7-6-9(12-13)8-4-2-1-3-5-8/h1-7H. The largest absolute Gasteiger partial charge is 0.277 e. The lowest BCUT2D eigenvalue weighted by Crippen LogP contribution is -2.13. The average Bonchev–Trinajstić information content (AvgIpc) is 2.23. The molecule has 0 unspecified atom stereocenters. The lowest BCUT2D eigenvalue weighted by molar-refractivity contribution is 0.943. The van der Waals surface area contributed by atoms with Gasteiger partial charge in [-0.1, -0.05) is 30.3 Å². The third-order valence-corrected chi connectivity index (χ3v) is 2.34. The summed E-state index contributed by atoms with van der Waals surface area (Å²) in [6.07, 6.45) is 0. The maximum absolute atomic E-state index is 11.1. The Morgan fingerprint density at radius 3 is 2.43 bits per heavy atom. The van der Waals surface area contributed by atoms with E-state index < -0.39 is 0 Å². The van der Waals surface area contributed by atoms with Crippen molar-refractivity contribution in [2.45, 2.75) is 0 Å². The Balaban J connectivity index is 2.54. The molecule has 14 heavy (non-hydrogen) atoms. The van der Waals surface area contributed by atoms with E-state index in [4.69, 9.17) is 0 Å². The monoisotopic (exact) mass is 250 g/mol. The van der Waals surface area contributed by atoms with Crippen LogP contribution in [0.1, 0.15) is 0 Å². The first-order chi connectivity index (χ1) is 6.77. The van der Waals surface area contributed by atoms with E-state index in [9.17, 15) is 4.79 Å². The van der Waals surface area contributed by atoms with Crippen molar-refractivity contribution in [1.29, 1.82) is 0 Å². The topological polar surface area (TPSA) is 34.9 Å². The van der Waals surface area contributed by atoms with Gasteiger partial charge in [-0.3, -0.25) is 4.79 Å². The van der Waals surface area contributed by atoms with Crippen LogP contribution in [0.15, 0.2) is 47.3 Å².